The van der Waals surface area contributed by atoms with Crippen LogP contribution >= 0.6 is 0 Å². The Kier molecular flexibility index (Phi) is 4.98. The molecular weight excluding hydrogens is 232 g/mol. The molecule has 0 aliphatic heterocycles. The van der Waals surface area contributed by atoms with Crippen LogP contribution in [0.5, 0.6) is 0 Å². The van der Waals surface area contributed by atoms with Gasteiger partial charge in [0, 0.05) is 18.3 Å². The molecule has 18 heavy (non-hydrogen) atoms. The molecule has 1 aromatic rings. The second kappa shape index (κ2) is 6.48. The van der Waals surface area contributed by atoms with Crippen LogP contribution in [0.3, 0.4) is 0 Å². The van der Waals surface area contributed by atoms with E-state index in [0.29, 0.717) is 12.1 Å². The van der Waals surface area contributed by atoms with E-state index >= 15 is 0 Å². The summed E-state index contributed by atoms with van der Waals surface area (Å²) in [6.45, 7) is 3.37. The number of nitrogens with zero attached hydrogens (tertiary/aromatic N) is 1. The molecule has 0 saturated carbocycles. The quantitative estimate of drug-likeness (QED) is 0.276. The van der Waals surface area contributed by atoms with Crippen LogP contribution in [0.1, 0.15) is 20.3 Å². The van der Waals surface area contributed by atoms with Crippen LogP contribution in [0.15, 0.2) is 29.4 Å². The Morgan fingerprint density at radius 2 is 2.17 bits per heavy atom. The SMILES string of the molecule is CCC(Nc1cccc(NC(C)=O)c1)C(N)=NO. The average Bonchev–Trinajstić information content (AvgIpc) is 2.34. The van der Waals surface area contributed by atoms with E-state index in [0.717, 1.165) is 5.69 Å². The first-order chi connectivity index (χ1) is 8.56. The highest BCUT2D eigenvalue weighted by atomic mass is 16.4. The van der Waals surface area contributed by atoms with E-state index in [1.54, 1.807) is 12.1 Å². The van der Waals surface area contributed by atoms with Gasteiger partial charge in [-0.05, 0) is 24.6 Å². The fraction of sp³-hybridized carbons (Fsp3) is 0.333. The summed E-state index contributed by atoms with van der Waals surface area (Å²) < 4.78 is 0. The summed E-state index contributed by atoms with van der Waals surface area (Å²) in [6.07, 6.45) is 0.681. The summed E-state index contributed by atoms with van der Waals surface area (Å²) in [6, 6.07) is 6.99. The Morgan fingerprint density at radius 3 is 2.72 bits per heavy atom. The first kappa shape index (κ1) is 13.8. The van der Waals surface area contributed by atoms with Crippen molar-refractivity contribution in [2.45, 2.75) is 26.3 Å². The smallest absolute Gasteiger partial charge is 0.221 e. The molecule has 6 heteroatoms. The number of benzene rings is 1. The zero-order chi connectivity index (χ0) is 13.5. The number of hydrogen-bond acceptors (Lipinski definition) is 4. The van der Waals surface area contributed by atoms with Gasteiger partial charge in [-0.3, -0.25) is 4.79 Å². The number of amidine groups is 1. The van der Waals surface area contributed by atoms with Crippen molar-refractivity contribution in [1.82, 2.24) is 0 Å². The van der Waals surface area contributed by atoms with E-state index < -0.39 is 0 Å². The van der Waals surface area contributed by atoms with Gasteiger partial charge < -0.3 is 21.6 Å². The van der Waals surface area contributed by atoms with Gasteiger partial charge in [0.2, 0.25) is 5.91 Å². The molecule has 6 nitrogen and oxygen atoms in total. The highest BCUT2D eigenvalue weighted by Crippen LogP contribution is 2.16. The Morgan fingerprint density at radius 1 is 1.50 bits per heavy atom. The lowest BCUT2D eigenvalue weighted by atomic mass is 10.2. The van der Waals surface area contributed by atoms with Crippen molar-refractivity contribution in [3.05, 3.63) is 24.3 Å². The van der Waals surface area contributed by atoms with Crippen LogP contribution in [-0.2, 0) is 4.79 Å². The third kappa shape index (κ3) is 3.97. The van der Waals surface area contributed by atoms with E-state index in [1.165, 1.54) is 6.92 Å². The molecule has 1 amide bonds. The Bertz CT molecular complexity index is 445. The molecule has 98 valence electrons. The first-order valence-electron chi connectivity index (χ1n) is 5.68. The zero-order valence-corrected chi connectivity index (χ0v) is 10.5. The molecule has 0 saturated heterocycles. The summed E-state index contributed by atoms with van der Waals surface area (Å²) in [4.78, 5) is 11.0. The van der Waals surface area contributed by atoms with Crippen molar-refractivity contribution in [1.29, 1.82) is 0 Å². The van der Waals surface area contributed by atoms with Crippen LogP contribution in [0.2, 0.25) is 0 Å². The van der Waals surface area contributed by atoms with Crippen molar-refractivity contribution < 1.29 is 10.0 Å². The van der Waals surface area contributed by atoms with Gasteiger partial charge >= 0.3 is 0 Å². The number of carbonyl (C=O) groups excluding carboxylic acids is 1. The molecule has 0 aliphatic rings. The van der Waals surface area contributed by atoms with Crippen molar-refractivity contribution in [2.75, 3.05) is 10.6 Å². The number of carbonyl (C=O) groups is 1. The van der Waals surface area contributed by atoms with E-state index in [2.05, 4.69) is 15.8 Å². The normalized spacial score (nSPS) is 12.9. The van der Waals surface area contributed by atoms with Crippen molar-refractivity contribution >= 4 is 23.1 Å². The topological polar surface area (TPSA) is 99.7 Å². The Labute approximate surface area is 106 Å². The first-order valence-corrected chi connectivity index (χ1v) is 5.68. The molecular formula is C12H18N4O2. The van der Waals surface area contributed by atoms with Crippen LogP contribution in [0, 0.1) is 0 Å². The van der Waals surface area contributed by atoms with Gasteiger partial charge in [0.05, 0.1) is 6.04 Å². The summed E-state index contributed by atoms with van der Waals surface area (Å²) in [5, 5.41) is 17.5. The van der Waals surface area contributed by atoms with Crippen LogP contribution in [0.4, 0.5) is 11.4 Å². The van der Waals surface area contributed by atoms with Crippen LogP contribution in [0.25, 0.3) is 0 Å². The molecule has 1 aromatic carbocycles. The molecule has 0 bridgehead atoms. The number of oxime groups is 1. The van der Waals surface area contributed by atoms with Gasteiger partial charge in [-0.25, -0.2) is 0 Å². The molecule has 0 aromatic heterocycles. The minimum absolute atomic E-state index is 0.127. The minimum Gasteiger partial charge on any atom is -0.409 e. The van der Waals surface area contributed by atoms with E-state index in [1.807, 2.05) is 19.1 Å². The van der Waals surface area contributed by atoms with Crippen molar-refractivity contribution in [3.63, 3.8) is 0 Å². The predicted octanol–water partition coefficient (Wildman–Crippen LogP) is 1.58. The molecule has 1 rings (SSSR count). The van der Waals surface area contributed by atoms with E-state index in [4.69, 9.17) is 10.9 Å². The van der Waals surface area contributed by atoms with Gasteiger partial charge in [0.25, 0.3) is 0 Å². The number of anilines is 2. The van der Waals surface area contributed by atoms with Gasteiger partial charge in [0.15, 0.2) is 5.84 Å². The molecule has 0 heterocycles. The second-order valence-corrected chi connectivity index (χ2v) is 3.89. The molecule has 0 fully saturated rings. The lowest BCUT2D eigenvalue weighted by Gasteiger charge is -2.17. The molecule has 0 spiro atoms. The fourth-order valence-corrected chi connectivity index (χ4v) is 1.55. The third-order valence-electron chi connectivity index (χ3n) is 2.40. The van der Waals surface area contributed by atoms with Gasteiger partial charge in [-0.2, -0.15) is 0 Å². The fourth-order valence-electron chi connectivity index (χ4n) is 1.55. The maximum Gasteiger partial charge on any atom is 0.221 e. The molecule has 1 unspecified atom stereocenters. The van der Waals surface area contributed by atoms with E-state index in [9.17, 15) is 4.79 Å². The van der Waals surface area contributed by atoms with Crippen LogP contribution in [-0.4, -0.2) is 23.0 Å². The summed E-state index contributed by atoms with van der Waals surface area (Å²) in [5.74, 6) is -0.00180. The third-order valence-corrected chi connectivity index (χ3v) is 2.40. The summed E-state index contributed by atoms with van der Waals surface area (Å²) in [5.41, 5.74) is 7.05. The van der Waals surface area contributed by atoms with Gasteiger partial charge in [-0.1, -0.05) is 18.1 Å². The van der Waals surface area contributed by atoms with E-state index in [-0.39, 0.29) is 17.8 Å². The Balaban J connectivity index is 2.80. The number of amides is 1. The highest BCUT2D eigenvalue weighted by molar-refractivity contribution is 5.90. The molecule has 0 radical (unpaired) electrons. The second-order valence-electron chi connectivity index (χ2n) is 3.89. The monoisotopic (exact) mass is 250 g/mol. The lowest BCUT2D eigenvalue weighted by molar-refractivity contribution is -0.114. The number of hydrogen-bond donors (Lipinski definition) is 4. The van der Waals surface area contributed by atoms with Crippen LogP contribution < -0.4 is 16.4 Å². The molecule has 0 aliphatic carbocycles. The van der Waals surface area contributed by atoms with Gasteiger partial charge in [-0.15, -0.1) is 0 Å². The number of nitrogens with two attached hydrogens (primary N) is 1. The highest BCUT2D eigenvalue weighted by Gasteiger charge is 2.11. The molecule has 1 atom stereocenters. The van der Waals surface area contributed by atoms with Crippen molar-refractivity contribution in [3.8, 4) is 0 Å². The minimum atomic E-state index is -0.248. The Hall–Kier alpha value is -2.24. The zero-order valence-electron chi connectivity index (χ0n) is 10.5. The standard InChI is InChI=1S/C12H18N4O2/c1-3-11(12(13)16-18)15-10-6-4-5-9(7-10)14-8(2)17/h4-7,11,15,18H,3H2,1-2H3,(H2,13,16)(H,14,17). The predicted molar refractivity (Wildman–Crippen MR) is 71.9 cm³/mol. The number of nitrogens with one attached hydrogen (secondary N) is 2. The maximum atomic E-state index is 11.0. The summed E-state index contributed by atoms with van der Waals surface area (Å²) in [7, 11) is 0. The average molecular weight is 250 g/mol. The van der Waals surface area contributed by atoms with Crippen molar-refractivity contribution in [2.24, 2.45) is 10.9 Å². The maximum absolute atomic E-state index is 11.0. The lowest BCUT2D eigenvalue weighted by Crippen LogP contribution is -2.35. The molecule has 5 N–H and O–H groups in total. The van der Waals surface area contributed by atoms with Gasteiger partial charge in [0.1, 0.15) is 0 Å². The summed E-state index contributed by atoms with van der Waals surface area (Å²) >= 11 is 0. The number of rotatable bonds is 5. The largest absolute Gasteiger partial charge is 0.409 e.